The Balaban J connectivity index is 1.34. The Morgan fingerprint density at radius 1 is 0.900 bits per heavy atom. The minimum absolute atomic E-state index is 0.0585. The van der Waals surface area contributed by atoms with E-state index in [9.17, 15) is 4.79 Å². The van der Waals surface area contributed by atoms with Crippen LogP contribution in [0.15, 0.2) is 48.5 Å². The molecule has 6 nitrogen and oxygen atoms in total. The minimum atomic E-state index is 0.0585. The molecule has 1 aliphatic rings. The average molecular weight is 412 g/mol. The fraction of sp³-hybridized carbons (Fsp3) is 0.458. The molecule has 1 heterocycles. The number of aryl methyl sites for hydroxylation is 1. The number of anilines is 1. The highest BCUT2D eigenvalue weighted by Crippen LogP contribution is 2.18. The van der Waals surface area contributed by atoms with E-state index in [1.54, 1.807) is 0 Å². The van der Waals surface area contributed by atoms with Gasteiger partial charge < -0.3 is 14.8 Å². The summed E-state index contributed by atoms with van der Waals surface area (Å²) in [6.45, 7) is 10.4. The summed E-state index contributed by atoms with van der Waals surface area (Å²) in [6.07, 6.45) is 0.911. The number of nitrogens with one attached hydrogen (secondary N) is 1. The van der Waals surface area contributed by atoms with Gasteiger partial charge in [0.25, 0.3) is 0 Å². The minimum Gasteiger partial charge on any atom is -0.494 e. The van der Waals surface area contributed by atoms with Crippen LogP contribution in [0.4, 0.5) is 5.69 Å². The van der Waals surface area contributed by atoms with Crippen molar-refractivity contribution in [3.05, 3.63) is 54.1 Å². The molecule has 1 amide bonds. The number of amides is 1. The Morgan fingerprint density at radius 3 is 2.20 bits per heavy atom. The van der Waals surface area contributed by atoms with Gasteiger partial charge in [0.2, 0.25) is 5.91 Å². The molecule has 0 saturated carbocycles. The van der Waals surface area contributed by atoms with Gasteiger partial charge in [-0.15, -0.1) is 0 Å². The van der Waals surface area contributed by atoms with E-state index in [-0.39, 0.29) is 5.91 Å². The molecule has 0 unspecified atom stereocenters. The van der Waals surface area contributed by atoms with Crippen LogP contribution in [0.25, 0.3) is 0 Å². The first-order chi connectivity index (χ1) is 14.7. The summed E-state index contributed by atoms with van der Waals surface area (Å²) in [5.41, 5.74) is 2.10. The maximum absolute atomic E-state index is 12.4. The molecule has 0 aliphatic carbocycles. The lowest BCUT2D eigenvalue weighted by Gasteiger charge is -2.34. The van der Waals surface area contributed by atoms with Crippen LogP contribution in [-0.4, -0.2) is 68.2 Å². The molecule has 2 aromatic carbocycles. The van der Waals surface area contributed by atoms with E-state index in [1.165, 1.54) is 5.56 Å². The molecule has 1 N–H and O–H groups in total. The molecule has 0 aromatic heterocycles. The van der Waals surface area contributed by atoms with E-state index in [0.717, 1.165) is 56.3 Å². The number of hydrogen-bond donors (Lipinski definition) is 1. The van der Waals surface area contributed by atoms with E-state index in [2.05, 4.69) is 28.1 Å². The molecular weight excluding hydrogens is 378 g/mol. The van der Waals surface area contributed by atoms with Gasteiger partial charge in [0.15, 0.2) is 0 Å². The highest BCUT2D eigenvalue weighted by atomic mass is 16.5. The number of rotatable bonds is 10. The lowest BCUT2D eigenvalue weighted by Crippen LogP contribution is -2.49. The summed E-state index contributed by atoms with van der Waals surface area (Å²) in [7, 11) is 0. The molecule has 162 valence electrons. The third-order valence-corrected chi connectivity index (χ3v) is 5.32. The van der Waals surface area contributed by atoms with E-state index >= 15 is 0 Å². The van der Waals surface area contributed by atoms with Gasteiger partial charge in [-0.3, -0.25) is 14.6 Å². The number of carbonyl (C=O) groups excluding carboxylic acids is 1. The second kappa shape index (κ2) is 11.6. The van der Waals surface area contributed by atoms with Crippen molar-refractivity contribution in [3.8, 4) is 11.5 Å². The van der Waals surface area contributed by atoms with Crippen LogP contribution < -0.4 is 14.8 Å². The third kappa shape index (κ3) is 6.75. The summed E-state index contributed by atoms with van der Waals surface area (Å²) >= 11 is 0. The van der Waals surface area contributed by atoms with E-state index in [4.69, 9.17) is 9.47 Å². The predicted molar refractivity (Wildman–Crippen MR) is 120 cm³/mol. The van der Waals surface area contributed by atoms with Crippen LogP contribution >= 0.6 is 0 Å². The molecule has 3 rings (SSSR count). The smallest absolute Gasteiger partial charge is 0.238 e. The number of ether oxygens (including phenoxy) is 2. The standard InChI is InChI=1S/C24H33N3O3/c1-3-20-7-5-6-8-23(20)25-24(28)19-27-15-13-26(14-16-27)17-18-30-22-11-9-21(10-12-22)29-4-2/h5-12H,3-4,13-19H2,1-2H3,(H,25,28). The highest BCUT2D eigenvalue weighted by molar-refractivity contribution is 5.93. The van der Waals surface area contributed by atoms with Crippen LogP contribution in [0.2, 0.25) is 0 Å². The van der Waals surface area contributed by atoms with Crippen molar-refractivity contribution in [2.75, 3.05) is 57.8 Å². The van der Waals surface area contributed by atoms with Crippen molar-refractivity contribution in [3.63, 3.8) is 0 Å². The number of carbonyl (C=O) groups is 1. The van der Waals surface area contributed by atoms with Crippen LogP contribution in [0.3, 0.4) is 0 Å². The lowest BCUT2D eigenvalue weighted by atomic mass is 10.1. The summed E-state index contributed by atoms with van der Waals surface area (Å²) in [6, 6.07) is 15.7. The molecule has 1 fully saturated rings. The molecule has 1 saturated heterocycles. The predicted octanol–water partition coefficient (Wildman–Crippen LogP) is 3.28. The van der Waals surface area contributed by atoms with Gasteiger partial charge >= 0.3 is 0 Å². The van der Waals surface area contributed by atoms with Gasteiger partial charge in [-0.05, 0) is 49.2 Å². The van der Waals surface area contributed by atoms with Crippen LogP contribution in [0.5, 0.6) is 11.5 Å². The van der Waals surface area contributed by atoms with Crippen LogP contribution in [0, 0.1) is 0 Å². The van der Waals surface area contributed by atoms with Crippen molar-refractivity contribution < 1.29 is 14.3 Å². The number of nitrogens with zero attached hydrogens (tertiary/aromatic N) is 2. The Morgan fingerprint density at radius 2 is 1.53 bits per heavy atom. The molecule has 30 heavy (non-hydrogen) atoms. The molecule has 0 bridgehead atoms. The SMILES string of the molecule is CCOc1ccc(OCCN2CCN(CC(=O)Nc3ccccc3CC)CC2)cc1. The van der Waals surface area contributed by atoms with Gasteiger partial charge in [-0.2, -0.15) is 0 Å². The average Bonchev–Trinajstić information content (AvgIpc) is 2.77. The first-order valence-corrected chi connectivity index (χ1v) is 10.9. The first-order valence-electron chi connectivity index (χ1n) is 10.9. The van der Waals surface area contributed by atoms with Crippen molar-refractivity contribution in [1.82, 2.24) is 9.80 Å². The molecule has 0 radical (unpaired) electrons. The third-order valence-electron chi connectivity index (χ3n) is 5.32. The Bertz CT molecular complexity index is 787. The Labute approximate surface area is 179 Å². The van der Waals surface area contributed by atoms with Gasteiger partial charge in [-0.25, -0.2) is 0 Å². The summed E-state index contributed by atoms with van der Waals surface area (Å²) in [5, 5.41) is 3.06. The molecule has 2 aromatic rings. The molecule has 0 atom stereocenters. The zero-order valence-corrected chi connectivity index (χ0v) is 18.1. The van der Waals surface area contributed by atoms with Crippen molar-refractivity contribution in [2.45, 2.75) is 20.3 Å². The second-order valence-electron chi connectivity index (χ2n) is 7.43. The topological polar surface area (TPSA) is 54.0 Å². The summed E-state index contributed by atoms with van der Waals surface area (Å²) in [4.78, 5) is 17.0. The normalized spacial score (nSPS) is 15.0. The van der Waals surface area contributed by atoms with Crippen molar-refractivity contribution >= 4 is 11.6 Å². The van der Waals surface area contributed by atoms with Gasteiger partial charge in [0, 0.05) is 38.4 Å². The lowest BCUT2D eigenvalue weighted by molar-refractivity contribution is -0.117. The maximum Gasteiger partial charge on any atom is 0.238 e. The largest absolute Gasteiger partial charge is 0.494 e. The van der Waals surface area contributed by atoms with Gasteiger partial charge in [-0.1, -0.05) is 25.1 Å². The number of hydrogen-bond acceptors (Lipinski definition) is 5. The molecular formula is C24H33N3O3. The first kappa shape index (κ1) is 22.1. The monoisotopic (exact) mass is 411 g/mol. The number of piperazine rings is 1. The quantitative estimate of drug-likeness (QED) is 0.650. The second-order valence-corrected chi connectivity index (χ2v) is 7.43. The zero-order valence-electron chi connectivity index (χ0n) is 18.1. The summed E-state index contributed by atoms with van der Waals surface area (Å²) in [5.74, 6) is 1.78. The van der Waals surface area contributed by atoms with E-state index < -0.39 is 0 Å². The highest BCUT2D eigenvalue weighted by Gasteiger charge is 2.19. The Kier molecular flexibility index (Phi) is 8.53. The summed E-state index contributed by atoms with van der Waals surface area (Å²) < 4.78 is 11.3. The van der Waals surface area contributed by atoms with Crippen LogP contribution in [-0.2, 0) is 11.2 Å². The number of benzene rings is 2. The Hall–Kier alpha value is -2.57. The fourth-order valence-electron chi connectivity index (χ4n) is 3.61. The van der Waals surface area contributed by atoms with Crippen LogP contribution in [0.1, 0.15) is 19.4 Å². The molecule has 6 heteroatoms. The maximum atomic E-state index is 12.4. The van der Waals surface area contributed by atoms with Crippen molar-refractivity contribution in [2.24, 2.45) is 0 Å². The van der Waals surface area contributed by atoms with E-state index in [1.807, 2.05) is 49.4 Å². The van der Waals surface area contributed by atoms with Gasteiger partial charge in [0.1, 0.15) is 18.1 Å². The zero-order chi connectivity index (χ0) is 21.2. The van der Waals surface area contributed by atoms with Crippen molar-refractivity contribution in [1.29, 1.82) is 0 Å². The fourth-order valence-corrected chi connectivity index (χ4v) is 3.61. The molecule has 0 spiro atoms. The molecule has 1 aliphatic heterocycles. The van der Waals surface area contributed by atoms with E-state index in [0.29, 0.717) is 19.8 Å². The van der Waals surface area contributed by atoms with Gasteiger partial charge in [0.05, 0.1) is 13.2 Å². The number of para-hydroxylation sites is 1.